The van der Waals surface area contributed by atoms with Crippen molar-refractivity contribution in [3.05, 3.63) is 179 Å². The molecule has 0 spiro atoms. The van der Waals surface area contributed by atoms with Crippen LogP contribution in [0.25, 0.3) is 0 Å². The second-order valence-corrected chi connectivity index (χ2v) is 15.9. The zero-order valence-corrected chi connectivity index (χ0v) is 35.3. The Bertz CT molecular complexity index is 2330. The number of carbonyl (C=O) groups excluding carboxylic acids is 4. The molecule has 3 aliphatic rings. The van der Waals surface area contributed by atoms with Crippen LogP contribution >= 0.6 is 0 Å². The fraction of sp³-hybridized carbons (Fsp3) is 0.320. The lowest BCUT2D eigenvalue weighted by molar-refractivity contribution is -0.344. The van der Waals surface area contributed by atoms with Crippen molar-refractivity contribution >= 4 is 23.9 Å². The van der Waals surface area contributed by atoms with Gasteiger partial charge in [-0.25, -0.2) is 19.2 Å². The van der Waals surface area contributed by atoms with E-state index in [1.165, 1.54) is 0 Å². The molecule has 10 atom stereocenters. The highest BCUT2D eigenvalue weighted by atomic mass is 16.8. The minimum atomic E-state index is -1.62. The molecule has 332 valence electrons. The molecular weight excluding hydrogens is 825 g/mol. The van der Waals surface area contributed by atoms with Gasteiger partial charge in [0.2, 0.25) is 0 Å². The van der Waals surface area contributed by atoms with Crippen molar-refractivity contribution in [3.63, 3.8) is 0 Å². The van der Waals surface area contributed by atoms with Crippen molar-refractivity contribution in [2.75, 3.05) is 6.61 Å². The van der Waals surface area contributed by atoms with E-state index in [4.69, 9.17) is 47.4 Å². The van der Waals surface area contributed by atoms with E-state index in [-0.39, 0.29) is 28.9 Å². The van der Waals surface area contributed by atoms with Crippen LogP contribution in [0.15, 0.2) is 152 Å². The van der Waals surface area contributed by atoms with Gasteiger partial charge in [-0.15, -0.1) is 0 Å². The molecule has 64 heavy (non-hydrogen) atoms. The Labute approximate surface area is 370 Å². The van der Waals surface area contributed by atoms with Crippen molar-refractivity contribution in [1.29, 1.82) is 0 Å². The number of rotatable bonds is 14. The van der Waals surface area contributed by atoms with Crippen LogP contribution in [-0.2, 0) is 54.0 Å². The van der Waals surface area contributed by atoms with Crippen LogP contribution < -0.4 is 0 Å². The van der Waals surface area contributed by atoms with Crippen LogP contribution in [0, 0.1) is 0 Å². The molecule has 3 saturated heterocycles. The number of hydrogen-bond donors (Lipinski definition) is 0. The molecule has 0 unspecified atom stereocenters. The van der Waals surface area contributed by atoms with Gasteiger partial charge in [0.05, 0.1) is 35.0 Å². The van der Waals surface area contributed by atoms with E-state index in [9.17, 15) is 19.2 Å². The van der Waals surface area contributed by atoms with Gasteiger partial charge in [0.25, 0.3) is 0 Å². The third kappa shape index (κ3) is 10.6. The smallest absolute Gasteiger partial charge is 0.338 e. The summed E-state index contributed by atoms with van der Waals surface area (Å²) in [5.74, 6) is -4.30. The lowest BCUT2D eigenvalue weighted by Gasteiger charge is -2.47. The third-order valence-corrected chi connectivity index (χ3v) is 10.9. The number of esters is 4. The quantitative estimate of drug-likeness (QED) is 0.0820. The molecule has 8 rings (SSSR count). The first kappa shape index (κ1) is 44.4. The van der Waals surface area contributed by atoms with E-state index in [0.717, 1.165) is 5.56 Å². The number of hydrogen-bond acceptors (Lipinski definition) is 14. The first-order valence-corrected chi connectivity index (χ1v) is 21.0. The molecule has 5 aromatic carbocycles. The predicted molar refractivity (Wildman–Crippen MR) is 227 cm³/mol. The van der Waals surface area contributed by atoms with Gasteiger partial charge in [-0.05, 0) is 74.9 Å². The molecule has 0 N–H and O–H groups in total. The Kier molecular flexibility index (Phi) is 13.9. The van der Waals surface area contributed by atoms with Gasteiger partial charge in [0, 0.05) is 0 Å². The zero-order chi connectivity index (χ0) is 44.6. The third-order valence-electron chi connectivity index (χ3n) is 10.9. The van der Waals surface area contributed by atoms with Gasteiger partial charge >= 0.3 is 23.9 Å². The summed E-state index contributed by atoms with van der Waals surface area (Å²) in [5.41, 5.74) is 1.64. The first-order chi connectivity index (χ1) is 31.0. The largest absolute Gasteiger partial charge is 0.459 e. The van der Waals surface area contributed by atoms with E-state index in [1.807, 2.05) is 30.3 Å². The minimum absolute atomic E-state index is 0.150. The van der Waals surface area contributed by atoms with Crippen molar-refractivity contribution < 1.29 is 66.5 Å². The molecule has 5 aromatic rings. The number of benzene rings is 5. The predicted octanol–water partition coefficient (Wildman–Crippen LogP) is 7.11. The summed E-state index contributed by atoms with van der Waals surface area (Å²) in [6, 6.07) is 42.3. The van der Waals surface area contributed by atoms with Gasteiger partial charge in [0.15, 0.2) is 36.7 Å². The van der Waals surface area contributed by atoms with Crippen molar-refractivity contribution in [1.82, 2.24) is 0 Å². The van der Waals surface area contributed by atoms with E-state index >= 15 is 0 Å². The summed E-state index contributed by atoms with van der Waals surface area (Å²) in [6.07, 6.45) is -12.0. The van der Waals surface area contributed by atoms with Gasteiger partial charge in [-0.2, -0.15) is 0 Å². The molecule has 3 fully saturated rings. The maximum Gasteiger partial charge on any atom is 0.338 e. The van der Waals surface area contributed by atoms with Crippen LogP contribution in [-0.4, -0.2) is 97.7 Å². The molecule has 0 aromatic heterocycles. The highest BCUT2D eigenvalue weighted by Crippen LogP contribution is 2.41. The molecule has 14 heteroatoms. The summed E-state index contributed by atoms with van der Waals surface area (Å²) in [6.45, 7) is 4.97. The van der Waals surface area contributed by atoms with Crippen LogP contribution in [0.1, 0.15) is 67.8 Å². The van der Waals surface area contributed by atoms with Gasteiger partial charge in [-0.1, -0.05) is 103 Å². The van der Waals surface area contributed by atoms with E-state index in [1.54, 1.807) is 142 Å². The highest BCUT2D eigenvalue weighted by Gasteiger charge is 2.59. The molecule has 0 amide bonds. The maximum atomic E-state index is 14.1. The van der Waals surface area contributed by atoms with Gasteiger partial charge in [-0.3, -0.25) is 0 Å². The Morgan fingerprint density at radius 2 is 0.938 bits per heavy atom. The Hall–Kier alpha value is -6.26. The number of fused-ring (bicyclic) bond motifs is 1. The minimum Gasteiger partial charge on any atom is -0.459 e. The SMILES string of the molecule is C[C@@H]1O[C@@H](OCc2ccccc2)[C@@H]2OC(C)(C)O[C@@H]2[C@H]1O[C@@H]1O[C@H](COC(=O)c2ccccc2)[C@@H](OC(=O)c2ccccc2)[C@H](OC(=O)c2ccccc2)[C@H]1OC(=O)c1ccccc1. The monoisotopic (exact) mass is 872 g/mol. The van der Waals surface area contributed by atoms with Crippen molar-refractivity contribution in [2.45, 2.75) is 94.6 Å². The average Bonchev–Trinajstić information content (AvgIpc) is 3.66. The van der Waals surface area contributed by atoms with E-state index < -0.39 is 97.7 Å². The molecule has 0 bridgehead atoms. The summed E-state index contributed by atoms with van der Waals surface area (Å²) in [4.78, 5) is 55.6. The van der Waals surface area contributed by atoms with Gasteiger partial charge in [0.1, 0.15) is 31.0 Å². The van der Waals surface area contributed by atoms with Crippen LogP contribution in [0.4, 0.5) is 0 Å². The Morgan fingerprint density at radius 1 is 0.500 bits per heavy atom. The summed E-state index contributed by atoms with van der Waals surface area (Å²) < 4.78 is 63.5. The summed E-state index contributed by atoms with van der Waals surface area (Å²) in [7, 11) is 0. The lowest BCUT2D eigenvalue weighted by Crippen LogP contribution is -2.65. The molecule has 0 aliphatic carbocycles. The Balaban J connectivity index is 1.17. The van der Waals surface area contributed by atoms with Crippen LogP contribution in [0.3, 0.4) is 0 Å². The summed E-state index contributed by atoms with van der Waals surface area (Å²) >= 11 is 0. The molecule has 14 nitrogen and oxygen atoms in total. The normalized spacial score (nSPS) is 27.0. The standard InChI is InChI=1S/C50H48O14/c1-31-38(41-43(64-50(2,3)63-41)48(57-31)56-29-32-19-9-4-10-20-32)62-49-42(61-47(54)36-27-17-8-18-28-36)40(60-46(53)35-25-15-7-16-26-35)39(59-45(52)34-23-13-6-14-24-34)37(58-49)30-55-44(51)33-21-11-5-12-22-33/h4-28,31,37-43,48-49H,29-30H2,1-3H3/t31-,37+,38-,39+,40-,41+,42+,43+,48+,49-/m0/s1. The topological polar surface area (TPSA) is 161 Å². The zero-order valence-electron chi connectivity index (χ0n) is 35.3. The van der Waals surface area contributed by atoms with Crippen molar-refractivity contribution in [3.8, 4) is 0 Å². The van der Waals surface area contributed by atoms with Gasteiger partial charge < -0.3 is 47.4 Å². The lowest BCUT2D eigenvalue weighted by atomic mass is 9.96. The van der Waals surface area contributed by atoms with Crippen LogP contribution in [0.2, 0.25) is 0 Å². The Morgan fingerprint density at radius 3 is 1.45 bits per heavy atom. The second-order valence-electron chi connectivity index (χ2n) is 15.9. The molecule has 3 heterocycles. The average molecular weight is 873 g/mol. The maximum absolute atomic E-state index is 14.1. The fourth-order valence-electron chi connectivity index (χ4n) is 7.78. The molecule has 3 aliphatic heterocycles. The number of carbonyl (C=O) groups is 4. The highest BCUT2D eigenvalue weighted by molar-refractivity contribution is 5.91. The fourth-order valence-corrected chi connectivity index (χ4v) is 7.78. The molecular formula is C50H48O14. The molecule has 0 saturated carbocycles. The van der Waals surface area contributed by atoms with Crippen molar-refractivity contribution in [2.24, 2.45) is 0 Å². The van der Waals surface area contributed by atoms with Crippen LogP contribution in [0.5, 0.6) is 0 Å². The summed E-state index contributed by atoms with van der Waals surface area (Å²) in [5, 5.41) is 0. The second kappa shape index (κ2) is 20.1. The van der Waals surface area contributed by atoms with E-state index in [2.05, 4.69) is 0 Å². The van der Waals surface area contributed by atoms with E-state index in [0.29, 0.717) is 0 Å². The first-order valence-electron chi connectivity index (χ1n) is 21.0. The number of ether oxygens (including phenoxy) is 10. The molecule has 0 radical (unpaired) electrons.